The van der Waals surface area contributed by atoms with Crippen molar-refractivity contribution < 1.29 is 5.11 Å². The quantitative estimate of drug-likeness (QED) is 0.758. The highest BCUT2D eigenvalue weighted by Gasteiger charge is 2.48. The van der Waals surface area contributed by atoms with Gasteiger partial charge in [0.1, 0.15) is 0 Å². The molecule has 0 unspecified atom stereocenters. The second kappa shape index (κ2) is 3.46. The third kappa shape index (κ3) is 2.01. The lowest BCUT2D eigenvalue weighted by Gasteiger charge is -2.49. The topological polar surface area (TPSA) is 20.2 Å². The Kier molecular flexibility index (Phi) is 2.51. The van der Waals surface area contributed by atoms with E-state index in [1.54, 1.807) is 0 Å². The van der Waals surface area contributed by atoms with E-state index in [2.05, 4.69) is 19.6 Å². The van der Waals surface area contributed by atoms with Gasteiger partial charge in [0.05, 0.1) is 5.60 Å². The van der Waals surface area contributed by atoms with Crippen LogP contribution in [0.4, 0.5) is 0 Å². The predicted octanol–water partition coefficient (Wildman–Crippen LogP) is 3.38. The molecule has 1 fully saturated rings. The van der Waals surface area contributed by atoms with Crippen molar-refractivity contribution in [2.24, 2.45) is 0 Å². The zero-order valence-electron chi connectivity index (χ0n) is 9.83. The maximum absolute atomic E-state index is 10.4. The molecule has 1 aliphatic carbocycles. The SMILES string of the molecule is C[Si](C)(C)C1CC(O)(c2ccccc2)C1. The summed E-state index contributed by atoms with van der Waals surface area (Å²) in [6.07, 6.45) is 1.93. The van der Waals surface area contributed by atoms with Crippen molar-refractivity contribution in [3.63, 3.8) is 0 Å². The molecule has 1 aromatic carbocycles. The van der Waals surface area contributed by atoms with E-state index in [0.717, 1.165) is 23.9 Å². The second-order valence-electron chi connectivity index (χ2n) is 5.87. The zero-order valence-corrected chi connectivity index (χ0v) is 10.8. The molecular formula is C13H20OSi. The number of hydrogen-bond acceptors (Lipinski definition) is 1. The van der Waals surface area contributed by atoms with E-state index in [-0.39, 0.29) is 0 Å². The van der Waals surface area contributed by atoms with Gasteiger partial charge in [-0.25, -0.2) is 0 Å². The monoisotopic (exact) mass is 220 g/mol. The summed E-state index contributed by atoms with van der Waals surface area (Å²) in [5.41, 5.74) is 1.36. The van der Waals surface area contributed by atoms with Crippen LogP contribution >= 0.6 is 0 Å². The fraction of sp³-hybridized carbons (Fsp3) is 0.538. The van der Waals surface area contributed by atoms with Crippen LogP contribution in [0.15, 0.2) is 30.3 Å². The fourth-order valence-electron chi connectivity index (χ4n) is 2.35. The van der Waals surface area contributed by atoms with Crippen molar-refractivity contribution in [3.05, 3.63) is 35.9 Å². The molecule has 0 saturated heterocycles. The Balaban J connectivity index is 2.09. The minimum absolute atomic E-state index is 0.522. The Morgan fingerprint density at radius 3 is 2.13 bits per heavy atom. The molecule has 0 atom stereocenters. The number of rotatable bonds is 2. The zero-order chi connectivity index (χ0) is 11.1. The normalized spacial score (nSPS) is 31.1. The lowest BCUT2D eigenvalue weighted by molar-refractivity contribution is -0.0401. The molecule has 0 amide bonds. The largest absolute Gasteiger partial charge is 0.385 e. The Labute approximate surface area is 93.2 Å². The third-order valence-electron chi connectivity index (χ3n) is 3.70. The van der Waals surface area contributed by atoms with Gasteiger partial charge in [-0.15, -0.1) is 0 Å². The van der Waals surface area contributed by atoms with Gasteiger partial charge in [-0.2, -0.15) is 0 Å². The molecule has 1 saturated carbocycles. The Morgan fingerprint density at radius 1 is 1.13 bits per heavy atom. The van der Waals surface area contributed by atoms with Gasteiger partial charge < -0.3 is 5.11 Å². The van der Waals surface area contributed by atoms with E-state index in [1.807, 2.05) is 30.3 Å². The number of benzene rings is 1. The van der Waals surface area contributed by atoms with Gasteiger partial charge in [0, 0.05) is 8.07 Å². The van der Waals surface area contributed by atoms with E-state index >= 15 is 0 Å². The average molecular weight is 220 g/mol. The van der Waals surface area contributed by atoms with Crippen molar-refractivity contribution in [2.45, 2.75) is 43.6 Å². The molecule has 1 aromatic rings. The highest BCUT2D eigenvalue weighted by Crippen LogP contribution is 2.53. The van der Waals surface area contributed by atoms with Crippen molar-refractivity contribution in [1.82, 2.24) is 0 Å². The van der Waals surface area contributed by atoms with Gasteiger partial charge >= 0.3 is 0 Å². The van der Waals surface area contributed by atoms with Crippen LogP contribution in [0.2, 0.25) is 25.2 Å². The lowest BCUT2D eigenvalue weighted by atomic mass is 9.74. The molecule has 0 aromatic heterocycles. The summed E-state index contributed by atoms with van der Waals surface area (Å²) in [6.45, 7) is 7.17. The van der Waals surface area contributed by atoms with Crippen molar-refractivity contribution in [1.29, 1.82) is 0 Å². The molecule has 0 heterocycles. The molecular weight excluding hydrogens is 200 g/mol. The van der Waals surface area contributed by atoms with E-state index in [4.69, 9.17) is 0 Å². The maximum Gasteiger partial charge on any atom is 0.0896 e. The molecule has 0 spiro atoms. The van der Waals surface area contributed by atoms with Gasteiger partial charge in [-0.05, 0) is 23.9 Å². The Hall–Kier alpha value is -0.603. The highest BCUT2D eigenvalue weighted by molar-refractivity contribution is 6.77. The first-order valence-electron chi connectivity index (χ1n) is 5.70. The highest BCUT2D eigenvalue weighted by atomic mass is 28.3. The molecule has 1 N–H and O–H groups in total. The standard InChI is InChI=1S/C13H20OSi/c1-15(2,3)12-9-13(14,10-12)11-7-5-4-6-8-11/h4-8,12,14H,9-10H2,1-3H3. The molecule has 15 heavy (non-hydrogen) atoms. The second-order valence-corrected chi connectivity index (χ2v) is 11.4. The summed E-state index contributed by atoms with van der Waals surface area (Å²) < 4.78 is 0. The van der Waals surface area contributed by atoms with Crippen LogP contribution in [0.25, 0.3) is 0 Å². The molecule has 1 nitrogen and oxygen atoms in total. The van der Waals surface area contributed by atoms with Crippen LogP contribution in [0.3, 0.4) is 0 Å². The van der Waals surface area contributed by atoms with Gasteiger partial charge in [-0.1, -0.05) is 50.0 Å². The van der Waals surface area contributed by atoms with E-state index in [0.29, 0.717) is 0 Å². The van der Waals surface area contributed by atoms with Gasteiger partial charge in [-0.3, -0.25) is 0 Å². The summed E-state index contributed by atoms with van der Waals surface area (Å²) in [6, 6.07) is 10.1. The van der Waals surface area contributed by atoms with Crippen molar-refractivity contribution >= 4 is 8.07 Å². The van der Waals surface area contributed by atoms with Crippen LogP contribution in [0.5, 0.6) is 0 Å². The first-order valence-corrected chi connectivity index (χ1v) is 9.27. The van der Waals surface area contributed by atoms with E-state index < -0.39 is 13.7 Å². The summed E-state index contributed by atoms with van der Waals surface area (Å²) in [7, 11) is -1.06. The Morgan fingerprint density at radius 2 is 1.67 bits per heavy atom. The summed E-state index contributed by atoms with van der Waals surface area (Å²) in [4.78, 5) is 0. The van der Waals surface area contributed by atoms with Gasteiger partial charge in [0.2, 0.25) is 0 Å². The Bertz CT molecular complexity index is 333. The molecule has 0 radical (unpaired) electrons. The number of aliphatic hydroxyl groups is 1. The van der Waals surface area contributed by atoms with Crippen LogP contribution in [0.1, 0.15) is 18.4 Å². The fourth-order valence-corrected chi connectivity index (χ4v) is 4.25. The minimum Gasteiger partial charge on any atom is -0.385 e. The van der Waals surface area contributed by atoms with Crippen LogP contribution in [0, 0.1) is 0 Å². The summed E-state index contributed by atoms with van der Waals surface area (Å²) in [5.74, 6) is 0. The summed E-state index contributed by atoms with van der Waals surface area (Å²) >= 11 is 0. The van der Waals surface area contributed by atoms with Crippen molar-refractivity contribution in [3.8, 4) is 0 Å². The maximum atomic E-state index is 10.4. The molecule has 2 heteroatoms. The van der Waals surface area contributed by atoms with Gasteiger partial charge in [0.25, 0.3) is 0 Å². The van der Waals surface area contributed by atoms with E-state index in [1.165, 1.54) is 0 Å². The van der Waals surface area contributed by atoms with E-state index in [9.17, 15) is 5.11 Å². The van der Waals surface area contributed by atoms with Crippen LogP contribution in [-0.4, -0.2) is 13.2 Å². The minimum atomic E-state index is -1.06. The first kappa shape index (κ1) is 10.9. The van der Waals surface area contributed by atoms with Crippen LogP contribution in [-0.2, 0) is 5.60 Å². The predicted molar refractivity (Wildman–Crippen MR) is 66.7 cm³/mol. The van der Waals surface area contributed by atoms with Crippen LogP contribution < -0.4 is 0 Å². The van der Waals surface area contributed by atoms with Gasteiger partial charge in [0.15, 0.2) is 0 Å². The lowest BCUT2D eigenvalue weighted by Crippen LogP contribution is -2.47. The third-order valence-corrected chi connectivity index (χ3v) is 6.56. The van der Waals surface area contributed by atoms with Crippen molar-refractivity contribution in [2.75, 3.05) is 0 Å². The smallest absolute Gasteiger partial charge is 0.0896 e. The molecule has 82 valence electrons. The summed E-state index contributed by atoms with van der Waals surface area (Å²) in [5, 5.41) is 10.4. The first-order chi connectivity index (χ1) is 6.92. The molecule has 2 rings (SSSR count). The average Bonchev–Trinajstić information content (AvgIpc) is 2.13. The molecule has 1 aliphatic rings. The molecule has 0 bridgehead atoms. The number of hydrogen-bond donors (Lipinski definition) is 1. The molecule has 0 aliphatic heterocycles.